The van der Waals surface area contributed by atoms with Crippen LogP contribution >= 0.6 is 0 Å². The number of ether oxygens (including phenoxy) is 2. The van der Waals surface area contributed by atoms with Crippen LogP contribution in [-0.4, -0.2) is 0 Å². The molecule has 0 N–H and O–H groups in total. The first-order valence-corrected chi connectivity index (χ1v) is 7.67. The first-order valence-electron chi connectivity index (χ1n) is 7.67. The Kier molecular flexibility index (Phi) is 4.95. The average Bonchev–Trinajstić information content (AvgIpc) is 2.67. The van der Waals surface area contributed by atoms with E-state index in [2.05, 4.69) is 0 Å². The second-order valence-corrected chi connectivity index (χ2v) is 5.28. The number of hydrogen-bond acceptors (Lipinski definition) is 4. The monoisotopic (exact) mass is 326 g/mol. The molecular formula is C21H14N2O2. The number of nitrogens with zero attached hydrogens (tertiary/aromatic N) is 2. The molecule has 25 heavy (non-hydrogen) atoms. The molecule has 0 heterocycles. The zero-order valence-electron chi connectivity index (χ0n) is 13.3. The Hall–Kier alpha value is -3.76. The van der Waals surface area contributed by atoms with Gasteiger partial charge < -0.3 is 9.47 Å². The van der Waals surface area contributed by atoms with E-state index in [9.17, 15) is 0 Å². The van der Waals surface area contributed by atoms with Gasteiger partial charge in [0.1, 0.15) is 36.0 Å². The Morgan fingerprint density at radius 1 is 0.680 bits per heavy atom. The highest BCUT2D eigenvalue weighted by atomic mass is 16.5. The SMILES string of the molecule is N#Cc1ccc(Oc2cccc(OCc3ccccc3)c2)cc1C#N. The van der Waals surface area contributed by atoms with Crippen molar-refractivity contribution in [2.24, 2.45) is 0 Å². The zero-order valence-corrected chi connectivity index (χ0v) is 13.3. The van der Waals surface area contributed by atoms with Crippen molar-refractivity contribution in [3.8, 4) is 29.4 Å². The van der Waals surface area contributed by atoms with Crippen LogP contribution in [0.25, 0.3) is 0 Å². The van der Waals surface area contributed by atoms with Crippen LogP contribution < -0.4 is 9.47 Å². The average molecular weight is 326 g/mol. The molecule has 120 valence electrons. The van der Waals surface area contributed by atoms with Crippen molar-refractivity contribution in [1.29, 1.82) is 10.5 Å². The molecule has 0 amide bonds. The fraction of sp³-hybridized carbons (Fsp3) is 0.0476. The minimum Gasteiger partial charge on any atom is -0.489 e. The summed E-state index contributed by atoms with van der Waals surface area (Å²) in [5, 5.41) is 18.0. The van der Waals surface area contributed by atoms with Crippen LogP contribution in [0.1, 0.15) is 16.7 Å². The summed E-state index contributed by atoms with van der Waals surface area (Å²) in [7, 11) is 0. The van der Waals surface area contributed by atoms with Crippen molar-refractivity contribution in [3.05, 3.63) is 89.5 Å². The summed E-state index contributed by atoms with van der Waals surface area (Å²) in [6.07, 6.45) is 0. The highest BCUT2D eigenvalue weighted by Gasteiger charge is 2.05. The number of benzene rings is 3. The van der Waals surface area contributed by atoms with Gasteiger partial charge in [0.05, 0.1) is 11.1 Å². The zero-order chi connectivity index (χ0) is 17.5. The van der Waals surface area contributed by atoms with Crippen molar-refractivity contribution in [2.45, 2.75) is 6.61 Å². The van der Waals surface area contributed by atoms with Crippen LogP contribution in [0.3, 0.4) is 0 Å². The van der Waals surface area contributed by atoms with Crippen LogP contribution in [0.15, 0.2) is 72.8 Å². The standard InChI is InChI=1S/C21H14N2O2/c22-13-17-9-10-21(11-18(17)14-23)25-20-8-4-7-19(12-20)24-15-16-5-2-1-3-6-16/h1-12H,15H2. The summed E-state index contributed by atoms with van der Waals surface area (Å²) in [5.74, 6) is 1.78. The van der Waals surface area contributed by atoms with Gasteiger partial charge in [0, 0.05) is 6.07 Å². The second-order valence-electron chi connectivity index (χ2n) is 5.28. The fourth-order valence-electron chi connectivity index (χ4n) is 2.28. The number of hydrogen-bond donors (Lipinski definition) is 0. The molecule has 0 saturated carbocycles. The molecule has 0 saturated heterocycles. The third-order valence-corrected chi connectivity index (χ3v) is 3.52. The van der Waals surface area contributed by atoms with Crippen molar-refractivity contribution in [3.63, 3.8) is 0 Å². The van der Waals surface area contributed by atoms with E-state index in [0.29, 0.717) is 29.4 Å². The number of nitriles is 2. The van der Waals surface area contributed by atoms with E-state index in [0.717, 1.165) is 5.56 Å². The van der Waals surface area contributed by atoms with Crippen LogP contribution in [0.2, 0.25) is 0 Å². The lowest BCUT2D eigenvalue weighted by atomic mass is 10.1. The Morgan fingerprint density at radius 3 is 2.16 bits per heavy atom. The smallest absolute Gasteiger partial charge is 0.131 e. The lowest BCUT2D eigenvalue weighted by Gasteiger charge is -2.10. The van der Waals surface area contributed by atoms with Gasteiger partial charge in [-0.15, -0.1) is 0 Å². The Labute approximate surface area is 146 Å². The van der Waals surface area contributed by atoms with Gasteiger partial charge in [0.25, 0.3) is 0 Å². The normalized spacial score (nSPS) is 9.68. The Morgan fingerprint density at radius 2 is 1.40 bits per heavy atom. The van der Waals surface area contributed by atoms with Gasteiger partial charge in [-0.3, -0.25) is 0 Å². The molecule has 0 atom stereocenters. The lowest BCUT2D eigenvalue weighted by Crippen LogP contribution is -1.95. The van der Waals surface area contributed by atoms with Crippen LogP contribution in [-0.2, 0) is 6.61 Å². The third kappa shape index (κ3) is 4.16. The highest BCUT2D eigenvalue weighted by Crippen LogP contribution is 2.27. The largest absolute Gasteiger partial charge is 0.489 e. The quantitative estimate of drug-likeness (QED) is 0.675. The summed E-state index contributed by atoms with van der Waals surface area (Å²) < 4.78 is 11.5. The van der Waals surface area contributed by atoms with Crippen molar-refractivity contribution in [1.82, 2.24) is 0 Å². The summed E-state index contributed by atoms with van der Waals surface area (Å²) in [6.45, 7) is 0.472. The molecule has 0 unspecified atom stereocenters. The molecule has 3 rings (SSSR count). The lowest BCUT2D eigenvalue weighted by molar-refractivity contribution is 0.304. The fourth-order valence-corrected chi connectivity index (χ4v) is 2.28. The van der Waals surface area contributed by atoms with E-state index in [1.165, 1.54) is 0 Å². The van der Waals surface area contributed by atoms with E-state index >= 15 is 0 Å². The van der Waals surface area contributed by atoms with E-state index in [4.69, 9.17) is 20.0 Å². The predicted octanol–water partition coefficient (Wildman–Crippen LogP) is 4.80. The molecule has 3 aromatic rings. The minimum absolute atomic E-state index is 0.288. The molecule has 4 heteroatoms. The summed E-state index contributed by atoms with van der Waals surface area (Å²) in [5.41, 5.74) is 1.70. The third-order valence-electron chi connectivity index (χ3n) is 3.52. The Bertz CT molecular complexity index is 954. The highest BCUT2D eigenvalue weighted by molar-refractivity contribution is 5.50. The van der Waals surface area contributed by atoms with Crippen LogP contribution in [0, 0.1) is 22.7 Å². The van der Waals surface area contributed by atoms with Gasteiger partial charge in [0.2, 0.25) is 0 Å². The van der Waals surface area contributed by atoms with Crippen molar-refractivity contribution in [2.75, 3.05) is 0 Å². The molecule has 0 fully saturated rings. The maximum Gasteiger partial charge on any atom is 0.131 e. The van der Waals surface area contributed by atoms with E-state index in [-0.39, 0.29) is 5.56 Å². The molecule has 4 nitrogen and oxygen atoms in total. The maximum absolute atomic E-state index is 9.09. The van der Waals surface area contributed by atoms with Gasteiger partial charge in [-0.2, -0.15) is 10.5 Å². The summed E-state index contributed by atoms with van der Waals surface area (Å²) in [6, 6.07) is 25.9. The first kappa shape index (κ1) is 16.1. The molecule has 0 aliphatic heterocycles. The molecule has 0 aromatic heterocycles. The molecule has 0 spiro atoms. The van der Waals surface area contributed by atoms with Crippen LogP contribution in [0.5, 0.6) is 17.2 Å². The van der Waals surface area contributed by atoms with Gasteiger partial charge in [-0.1, -0.05) is 36.4 Å². The van der Waals surface area contributed by atoms with E-state index in [1.807, 2.05) is 54.6 Å². The topological polar surface area (TPSA) is 66.0 Å². The molecule has 0 aliphatic rings. The summed E-state index contributed by atoms with van der Waals surface area (Å²) >= 11 is 0. The maximum atomic E-state index is 9.09. The predicted molar refractivity (Wildman–Crippen MR) is 93.2 cm³/mol. The molecule has 3 aromatic carbocycles. The van der Waals surface area contributed by atoms with Gasteiger partial charge >= 0.3 is 0 Å². The second kappa shape index (κ2) is 7.68. The van der Waals surface area contributed by atoms with Crippen molar-refractivity contribution < 1.29 is 9.47 Å². The molecule has 0 bridgehead atoms. The van der Waals surface area contributed by atoms with E-state index in [1.54, 1.807) is 30.3 Å². The van der Waals surface area contributed by atoms with Crippen molar-refractivity contribution >= 4 is 0 Å². The number of rotatable bonds is 5. The Balaban J connectivity index is 1.72. The van der Waals surface area contributed by atoms with Crippen LogP contribution in [0.4, 0.5) is 0 Å². The minimum atomic E-state index is 0.288. The first-order chi connectivity index (χ1) is 12.3. The summed E-state index contributed by atoms with van der Waals surface area (Å²) in [4.78, 5) is 0. The molecule has 0 aliphatic carbocycles. The van der Waals surface area contributed by atoms with E-state index < -0.39 is 0 Å². The molecular weight excluding hydrogens is 312 g/mol. The molecule has 0 radical (unpaired) electrons. The van der Waals surface area contributed by atoms with Gasteiger partial charge in [-0.25, -0.2) is 0 Å². The van der Waals surface area contributed by atoms with Gasteiger partial charge in [-0.05, 0) is 35.9 Å². The van der Waals surface area contributed by atoms with Gasteiger partial charge in [0.15, 0.2) is 0 Å².